The lowest BCUT2D eigenvalue weighted by Crippen LogP contribution is -1.98. The molecule has 0 bridgehead atoms. The summed E-state index contributed by atoms with van der Waals surface area (Å²) in [6.45, 7) is 2.10. The molecular weight excluding hydrogens is 320 g/mol. The lowest BCUT2D eigenvalue weighted by Gasteiger charge is -2.04. The smallest absolute Gasteiger partial charge is 0.162 e. The van der Waals surface area contributed by atoms with Gasteiger partial charge in [0.1, 0.15) is 0 Å². The molecule has 0 heterocycles. The Hall–Kier alpha value is -3.07. The first kappa shape index (κ1) is 17.7. The first-order valence-corrected chi connectivity index (χ1v) is 8.97. The van der Waals surface area contributed by atoms with E-state index in [1.165, 1.54) is 0 Å². The molecule has 0 aromatic heterocycles. The summed E-state index contributed by atoms with van der Waals surface area (Å²) in [5.41, 5.74) is 4.61. The number of carbonyl (C=O) groups is 1. The molecule has 0 aliphatic heterocycles. The van der Waals surface area contributed by atoms with Crippen molar-refractivity contribution in [3.8, 4) is 11.1 Å². The van der Waals surface area contributed by atoms with Gasteiger partial charge in [0, 0.05) is 12.0 Å². The molecule has 3 aromatic rings. The van der Waals surface area contributed by atoms with Crippen molar-refractivity contribution in [3.63, 3.8) is 0 Å². The molecule has 0 saturated heterocycles. The van der Waals surface area contributed by atoms with E-state index in [4.69, 9.17) is 0 Å². The zero-order valence-corrected chi connectivity index (χ0v) is 14.9. The molecule has 0 atom stereocenters. The minimum Gasteiger partial charge on any atom is -0.294 e. The highest BCUT2D eigenvalue weighted by molar-refractivity contribution is 5.96. The summed E-state index contributed by atoms with van der Waals surface area (Å²) < 4.78 is 0. The van der Waals surface area contributed by atoms with Gasteiger partial charge in [0.2, 0.25) is 0 Å². The quantitative estimate of drug-likeness (QED) is 0.332. The molecule has 0 aliphatic carbocycles. The Labute approximate surface area is 154 Å². The number of hydrogen-bond donors (Lipinski definition) is 0. The highest BCUT2D eigenvalue weighted by Gasteiger charge is 2.05. The minimum absolute atomic E-state index is 0.218. The molecule has 3 nitrogen and oxygen atoms in total. The maximum absolute atomic E-state index is 12.1. The van der Waals surface area contributed by atoms with Gasteiger partial charge >= 0.3 is 0 Å². The first-order chi connectivity index (χ1) is 12.8. The maximum Gasteiger partial charge on any atom is 0.162 e. The van der Waals surface area contributed by atoms with Crippen molar-refractivity contribution in [2.75, 3.05) is 0 Å². The molecule has 130 valence electrons. The van der Waals surface area contributed by atoms with Crippen molar-refractivity contribution in [2.45, 2.75) is 26.2 Å². The third-order valence-corrected chi connectivity index (χ3v) is 4.20. The van der Waals surface area contributed by atoms with Crippen LogP contribution in [0.25, 0.3) is 11.1 Å². The first-order valence-electron chi connectivity index (χ1n) is 8.97. The average Bonchev–Trinajstić information content (AvgIpc) is 2.72. The molecular formula is C23H22N2O. The van der Waals surface area contributed by atoms with Crippen molar-refractivity contribution in [3.05, 3.63) is 84.4 Å². The van der Waals surface area contributed by atoms with Crippen molar-refractivity contribution < 1.29 is 4.79 Å². The Kier molecular flexibility index (Phi) is 6.05. The molecule has 26 heavy (non-hydrogen) atoms. The van der Waals surface area contributed by atoms with Crippen LogP contribution in [0.15, 0.2) is 89.1 Å². The van der Waals surface area contributed by atoms with Gasteiger partial charge in [-0.2, -0.15) is 10.2 Å². The zero-order valence-electron chi connectivity index (χ0n) is 14.9. The van der Waals surface area contributed by atoms with Crippen LogP contribution in [0.5, 0.6) is 0 Å². The van der Waals surface area contributed by atoms with Crippen molar-refractivity contribution >= 4 is 17.2 Å². The summed E-state index contributed by atoms with van der Waals surface area (Å²) in [6.07, 6.45) is 2.61. The van der Waals surface area contributed by atoms with E-state index < -0.39 is 0 Å². The lowest BCUT2D eigenvalue weighted by molar-refractivity contribution is 0.0980. The zero-order chi connectivity index (χ0) is 18.2. The van der Waals surface area contributed by atoms with Crippen LogP contribution in [-0.4, -0.2) is 5.78 Å². The summed E-state index contributed by atoms with van der Waals surface area (Å²) in [7, 11) is 0. The molecule has 0 unspecified atom stereocenters. The fourth-order valence-corrected chi connectivity index (χ4v) is 2.66. The van der Waals surface area contributed by atoms with E-state index in [2.05, 4.69) is 17.2 Å². The number of Topliss-reactive ketones (excluding diaryl/α,β-unsaturated/α-hetero) is 1. The van der Waals surface area contributed by atoms with Gasteiger partial charge in [0.05, 0.1) is 11.4 Å². The summed E-state index contributed by atoms with van der Waals surface area (Å²) in [4.78, 5) is 12.1. The number of benzene rings is 3. The summed E-state index contributed by atoms with van der Waals surface area (Å²) in [5.74, 6) is 0.218. The van der Waals surface area contributed by atoms with E-state index in [0.717, 1.165) is 40.9 Å². The highest BCUT2D eigenvalue weighted by Crippen LogP contribution is 2.24. The second-order valence-electron chi connectivity index (χ2n) is 6.19. The molecule has 0 saturated carbocycles. The number of ketones is 1. The Morgan fingerprint density at radius 3 is 1.85 bits per heavy atom. The van der Waals surface area contributed by atoms with Crippen molar-refractivity contribution in [1.82, 2.24) is 0 Å². The van der Waals surface area contributed by atoms with Crippen LogP contribution in [0.1, 0.15) is 36.5 Å². The number of hydrogen-bond acceptors (Lipinski definition) is 3. The third-order valence-electron chi connectivity index (χ3n) is 4.20. The predicted molar refractivity (Wildman–Crippen MR) is 106 cm³/mol. The fourth-order valence-electron chi connectivity index (χ4n) is 2.66. The van der Waals surface area contributed by atoms with Gasteiger partial charge in [0.25, 0.3) is 0 Å². The Morgan fingerprint density at radius 1 is 0.731 bits per heavy atom. The second-order valence-corrected chi connectivity index (χ2v) is 6.19. The number of rotatable bonds is 7. The Balaban J connectivity index is 1.68. The van der Waals surface area contributed by atoms with Gasteiger partial charge in [-0.15, -0.1) is 0 Å². The normalized spacial score (nSPS) is 11.0. The molecule has 0 fully saturated rings. The van der Waals surface area contributed by atoms with Gasteiger partial charge in [-0.05, 0) is 41.8 Å². The molecule has 3 aromatic carbocycles. The topological polar surface area (TPSA) is 41.8 Å². The fraction of sp³-hybridized carbons (Fsp3) is 0.174. The van der Waals surface area contributed by atoms with Crippen LogP contribution in [0.2, 0.25) is 0 Å². The van der Waals surface area contributed by atoms with E-state index in [0.29, 0.717) is 6.42 Å². The van der Waals surface area contributed by atoms with Gasteiger partial charge in [0.15, 0.2) is 5.78 Å². The largest absolute Gasteiger partial charge is 0.294 e. The van der Waals surface area contributed by atoms with E-state index in [1.807, 2.05) is 78.9 Å². The van der Waals surface area contributed by atoms with E-state index in [-0.39, 0.29) is 5.78 Å². The second kappa shape index (κ2) is 8.86. The maximum atomic E-state index is 12.1. The molecule has 0 amide bonds. The van der Waals surface area contributed by atoms with Crippen LogP contribution in [-0.2, 0) is 0 Å². The Morgan fingerprint density at radius 2 is 1.27 bits per heavy atom. The van der Waals surface area contributed by atoms with Gasteiger partial charge in [-0.3, -0.25) is 4.79 Å². The summed E-state index contributed by atoms with van der Waals surface area (Å²) in [5, 5.41) is 8.48. The van der Waals surface area contributed by atoms with Crippen molar-refractivity contribution in [1.29, 1.82) is 0 Å². The number of carbonyl (C=O) groups excluding carboxylic acids is 1. The van der Waals surface area contributed by atoms with Gasteiger partial charge in [-0.25, -0.2) is 0 Å². The highest BCUT2D eigenvalue weighted by atomic mass is 16.1. The van der Waals surface area contributed by atoms with Crippen LogP contribution in [0.4, 0.5) is 11.4 Å². The van der Waals surface area contributed by atoms with Crippen LogP contribution < -0.4 is 0 Å². The molecule has 0 radical (unpaired) electrons. The molecule has 0 N–H and O–H groups in total. The van der Waals surface area contributed by atoms with Crippen molar-refractivity contribution in [2.24, 2.45) is 10.2 Å². The number of unbranched alkanes of at least 4 members (excludes halogenated alkanes) is 1. The molecule has 0 spiro atoms. The Bertz CT molecular complexity index is 866. The molecule has 3 rings (SSSR count). The van der Waals surface area contributed by atoms with Crippen LogP contribution >= 0.6 is 0 Å². The predicted octanol–water partition coefficient (Wildman–Crippen LogP) is 7.14. The van der Waals surface area contributed by atoms with Crippen LogP contribution in [0.3, 0.4) is 0 Å². The average molecular weight is 342 g/mol. The third kappa shape index (κ3) is 4.73. The number of azo groups is 1. The van der Waals surface area contributed by atoms with Crippen LogP contribution in [0, 0.1) is 0 Å². The summed E-state index contributed by atoms with van der Waals surface area (Å²) in [6, 6.07) is 25.4. The standard InChI is InChI=1S/C23H22N2O/c1-2-3-9-23(26)20-12-10-18(11-13-20)19-14-16-22(17-15-19)25-24-21-7-5-4-6-8-21/h4-8,10-17H,2-3,9H2,1H3/b25-24+. The molecule has 0 aliphatic rings. The van der Waals surface area contributed by atoms with Gasteiger partial charge in [-0.1, -0.05) is 67.9 Å². The molecule has 3 heteroatoms. The van der Waals surface area contributed by atoms with E-state index >= 15 is 0 Å². The minimum atomic E-state index is 0.218. The van der Waals surface area contributed by atoms with Gasteiger partial charge < -0.3 is 0 Å². The monoisotopic (exact) mass is 342 g/mol. The van der Waals surface area contributed by atoms with E-state index in [9.17, 15) is 4.79 Å². The SMILES string of the molecule is CCCCC(=O)c1ccc(-c2ccc(/N=N/c3ccccc3)cc2)cc1. The van der Waals surface area contributed by atoms with E-state index in [1.54, 1.807) is 0 Å². The lowest BCUT2D eigenvalue weighted by atomic mass is 10.0. The summed E-state index contributed by atoms with van der Waals surface area (Å²) >= 11 is 0. The number of nitrogens with zero attached hydrogens (tertiary/aromatic N) is 2.